The van der Waals surface area contributed by atoms with Gasteiger partial charge in [0.2, 0.25) is 0 Å². The topological polar surface area (TPSA) is 114 Å². The summed E-state index contributed by atoms with van der Waals surface area (Å²) in [7, 11) is -3.70. The Kier molecular flexibility index (Phi) is 13.6. The Labute approximate surface area is 300 Å². The van der Waals surface area contributed by atoms with Gasteiger partial charge in [-0.2, -0.15) is 0 Å². The predicted octanol–water partition coefficient (Wildman–Crippen LogP) is 8.02. The zero-order chi connectivity index (χ0) is 36.4. The maximum Gasteiger partial charge on any atom is 0.132 e. The summed E-state index contributed by atoms with van der Waals surface area (Å²) in [6.07, 6.45) is 7.84. The molecule has 0 radical (unpaired) electrons. The predicted molar refractivity (Wildman–Crippen MR) is 201 cm³/mol. The van der Waals surface area contributed by atoms with Crippen LogP contribution in [0.25, 0.3) is 0 Å². The van der Waals surface area contributed by atoms with E-state index in [0.29, 0.717) is 11.8 Å². The van der Waals surface area contributed by atoms with E-state index in [9.17, 15) is 25.9 Å². The minimum absolute atomic E-state index is 0.185. The van der Waals surface area contributed by atoms with E-state index < -0.39 is 20.2 Å². The number of likely N-dealkylation sites (tertiary alicyclic amines) is 2. The second kappa shape index (κ2) is 17.2. The highest BCUT2D eigenvalue weighted by Gasteiger charge is 2.31. The molecule has 6 rings (SSSR count). The van der Waals surface area contributed by atoms with E-state index in [1.165, 1.54) is 136 Å². The lowest BCUT2D eigenvalue weighted by atomic mass is 9.78. The second-order valence-corrected chi connectivity index (χ2v) is 16.6. The fourth-order valence-electron chi connectivity index (χ4n) is 7.43. The van der Waals surface area contributed by atoms with Crippen LogP contribution in [0, 0.1) is 0 Å². The minimum Gasteiger partial charge on any atom is -0.744 e. The third-order valence-electron chi connectivity index (χ3n) is 10.4. The Morgan fingerprint density at radius 1 is 0.500 bits per heavy atom. The molecule has 2 unspecified atom stereocenters. The summed E-state index contributed by atoms with van der Waals surface area (Å²) in [5.41, 5.74) is 6.01. The zero-order valence-electron chi connectivity index (χ0n) is 29.8. The molecule has 10 heteroatoms. The van der Waals surface area contributed by atoms with Crippen LogP contribution in [0.3, 0.4) is 0 Å². The molecule has 0 bridgehead atoms. The molecule has 50 heavy (non-hydrogen) atoms. The highest BCUT2D eigenvalue weighted by atomic mass is 32.2. The van der Waals surface area contributed by atoms with E-state index in [-0.39, 0.29) is 9.79 Å². The summed E-state index contributed by atoms with van der Waals surface area (Å²) >= 11 is 0. The number of hydrogen-bond acceptors (Lipinski definition) is 6. The van der Waals surface area contributed by atoms with Gasteiger partial charge in [0.1, 0.15) is 31.6 Å². The summed E-state index contributed by atoms with van der Waals surface area (Å²) in [6, 6.07) is 33.8. The van der Waals surface area contributed by atoms with Crippen LogP contribution in [0.2, 0.25) is 0 Å². The molecule has 2 heterocycles. The first-order valence-electron chi connectivity index (χ1n) is 17.6. The Morgan fingerprint density at radius 2 is 0.780 bits per heavy atom. The van der Waals surface area contributed by atoms with Gasteiger partial charge in [-0.25, -0.2) is 16.8 Å². The molecule has 0 saturated carbocycles. The molecular weight excluding hydrogens is 669 g/mol. The average molecular weight is 721 g/mol. The Morgan fingerprint density at radius 3 is 1.00 bits per heavy atom. The van der Waals surface area contributed by atoms with E-state index in [1.807, 2.05) is 0 Å². The molecule has 270 valence electrons. The lowest BCUT2D eigenvalue weighted by Gasteiger charge is -2.31. The highest BCUT2D eigenvalue weighted by molar-refractivity contribution is 7.86. The van der Waals surface area contributed by atoms with Gasteiger partial charge in [0.05, 0.1) is 50.1 Å². The van der Waals surface area contributed by atoms with Crippen LogP contribution in [0.4, 0.5) is 11.4 Å². The molecule has 8 nitrogen and oxygen atoms in total. The van der Waals surface area contributed by atoms with Crippen LogP contribution >= 0.6 is 0 Å². The molecular formula is C40H52N2O6S2. The first kappa shape index (κ1) is 39.4. The lowest BCUT2D eigenvalue weighted by Crippen LogP contribution is -2.41. The average Bonchev–Trinajstić information content (AvgIpc) is 3.77. The summed E-state index contributed by atoms with van der Waals surface area (Å²) < 4.78 is 63.9. The van der Waals surface area contributed by atoms with Gasteiger partial charge < -0.3 is 9.11 Å². The fraction of sp³-hybridized carbons (Fsp3) is 0.400. The molecule has 2 atom stereocenters. The number of quaternary nitrogens is 2. The number of benzene rings is 4. The third-order valence-corrected chi connectivity index (χ3v) is 12.1. The van der Waals surface area contributed by atoms with Gasteiger partial charge in [-0.15, -0.1) is 0 Å². The summed E-state index contributed by atoms with van der Waals surface area (Å²) in [6.45, 7) is 9.88. The molecule has 2 fully saturated rings. The molecule has 0 aliphatic carbocycles. The van der Waals surface area contributed by atoms with E-state index in [4.69, 9.17) is 0 Å². The molecule has 4 aromatic carbocycles. The van der Waals surface area contributed by atoms with Crippen LogP contribution in [-0.2, 0) is 20.2 Å². The second-order valence-electron chi connectivity index (χ2n) is 13.8. The van der Waals surface area contributed by atoms with Crippen molar-refractivity contribution < 1.29 is 25.9 Å². The summed E-state index contributed by atoms with van der Waals surface area (Å²) in [4.78, 5) is -0.370. The maximum atomic E-state index is 10.3. The van der Waals surface area contributed by atoms with Crippen LogP contribution in [0.5, 0.6) is 0 Å². The van der Waals surface area contributed by atoms with Crippen molar-refractivity contribution in [3.63, 3.8) is 0 Å². The molecule has 0 N–H and O–H groups in total. The molecule has 2 saturated heterocycles. The van der Waals surface area contributed by atoms with E-state index in [2.05, 4.69) is 76.5 Å². The van der Waals surface area contributed by atoms with Gasteiger partial charge in [-0.05, 0) is 84.3 Å². The van der Waals surface area contributed by atoms with E-state index >= 15 is 0 Å². The molecule has 2 aliphatic heterocycles. The largest absolute Gasteiger partial charge is 0.744 e. The molecule has 0 amide bonds. The summed E-state index contributed by atoms with van der Waals surface area (Å²) in [5.74, 6) is 1.19. The third kappa shape index (κ3) is 10.3. The SMILES string of the molecule is CCC(c1ccc([N+]2(C)CCCC2)cc1)C(CC)c1ccc([N+]2(C)CCCC2)cc1.O=S(=O)([O-])c1ccccc1.O=S(=O)([O-])c1ccccc1. The zero-order valence-corrected chi connectivity index (χ0v) is 31.4. The van der Waals surface area contributed by atoms with Crippen molar-refractivity contribution >= 4 is 31.6 Å². The highest BCUT2D eigenvalue weighted by Crippen LogP contribution is 2.40. The Balaban J connectivity index is 0.000000228. The fourth-order valence-corrected chi connectivity index (χ4v) is 8.41. The van der Waals surface area contributed by atoms with Gasteiger partial charge in [-0.3, -0.25) is 8.97 Å². The molecule has 0 aromatic heterocycles. The smallest absolute Gasteiger partial charge is 0.132 e. The molecule has 0 spiro atoms. The van der Waals surface area contributed by atoms with Crippen molar-refractivity contribution in [2.24, 2.45) is 0 Å². The monoisotopic (exact) mass is 720 g/mol. The van der Waals surface area contributed by atoms with E-state index in [1.54, 1.807) is 12.1 Å². The minimum atomic E-state index is -4.25. The Bertz CT molecular complexity index is 1700. The number of rotatable bonds is 9. The molecule has 2 aliphatic rings. The maximum absolute atomic E-state index is 10.3. The van der Waals surface area contributed by atoms with Crippen molar-refractivity contribution in [2.45, 2.75) is 74.0 Å². The quantitative estimate of drug-likeness (QED) is 0.128. The van der Waals surface area contributed by atoms with Crippen LogP contribution in [-0.4, -0.2) is 66.2 Å². The molecule has 4 aromatic rings. The normalized spacial score (nSPS) is 17.8. The van der Waals surface area contributed by atoms with Crippen LogP contribution in [0.15, 0.2) is 119 Å². The van der Waals surface area contributed by atoms with Gasteiger partial charge >= 0.3 is 0 Å². The first-order valence-corrected chi connectivity index (χ1v) is 20.4. The van der Waals surface area contributed by atoms with Crippen molar-refractivity contribution in [2.75, 3.05) is 40.3 Å². The van der Waals surface area contributed by atoms with Gasteiger partial charge in [0, 0.05) is 25.7 Å². The van der Waals surface area contributed by atoms with E-state index in [0.717, 1.165) is 8.97 Å². The summed E-state index contributed by atoms with van der Waals surface area (Å²) in [5, 5.41) is 0. The van der Waals surface area contributed by atoms with Crippen molar-refractivity contribution in [1.82, 2.24) is 8.97 Å². The Hall–Kier alpha value is -3.38. The first-order chi connectivity index (χ1) is 23.7. The van der Waals surface area contributed by atoms with Crippen LogP contribution in [0.1, 0.15) is 75.3 Å². The van der Waals surface area contributed by atoms with Crippen LogP contribution < -0.4 is 8.97 Å². The van der Waals surface area contributed by atoms with Gasteiger partial charge in [-0.1, -0.05) is 74.5 Å². The standard InChI is InChI=1S/C28H42N2.2C6H6O3S/c1-5-27(23-11-15-25(16-12-23)29(3)19-7-8-20-29)28(6-2)24-13-17-26(18-14-24)30(4)21-9-10-22-30;2*7-10(8,9)6-4-2-1-3-5-6/h11-18,27-28H,5-10,19-22H2,1-4H3;2*1-5H,(H,7,8,9)/q+2;;/p-2. The number of nitrogens with zero attached hydrogens (tertiary/aromatic N) is 2. The lowest BCUT2D eigenvalue weighted by molar-refractivity contribution is 0.405. The number of hydrogen-bond donors (Lipinski definition) is 0. The van der Waals surface area contributed by atoms with Gasteiger partial charge in [0.15, 0.2) is 0 Å². The van der Waals surface area contributed by atoms with Gasteiger partial charge in [0.25, 0.3) is 0 Å². The van der Waals surface area contributed by atoms with Crippen molar-refractivity contribution in [3.8, 4) is 0 Å². The van der Waals surface area contributed by atoms with Crippen molar-refractivity contribution in [3.05, 3.63) is 120 Å². The van der Waals surface area contributed by atoms with Crippen molar-refractivity contribution in [1.29, 1.82) is 0 Å².